The van der Waals surface area contributed by atoms with Gasteiger partial charge in [-0.3, -0.25) is 4.79 Å². The Kier molecular flexibility index (Phi) is 4.06. The highest BCUT2D eigenvalue weighted by atomic mass is 32.1. The van der Waals surface area contributed by atoms with Crippen LogP contribution in [0.2, 0.25) is 0 Å². The number of aryl methyl sites for hydroxylation is 2. The summed E-state index contributed by atoms with van der Waals surface area (Å²) < 4.78 is 7.23. The van der Waals surface area contributed by atoms with Gasteiger partial charge in [0.2, 0.25) is 11.7 Å². The molecule has 0 saturated heterocycles. The van der Waals surface area contributed by atoms with E-state index in [-0.39, 0.29) is 12.5 Å². The first-order valence-electron chi connectivity index (χ1n) is 6.99. The molecule has 3 aromatic heterocycles. The maximum Gasteiger partial charge on any atom is 0.262 e. The molecular formula is C15H16N4O2S. The summed E-state index contributed by atoms with van der Waals surface area (Å²) in [5.74, 6) is 0.800. The summed E-state index contributed by atoms with van der Waals surface area (Å²) >= 11 is 1.42. The van der Waals surface area contributed by atoms with E-state index in [0.29, 0.717) is 16.6 Å². The smallest absolute Gasteiger partial charge is 0.262 e. The lowest BCUT2D eigenvalue weighted by Crippen LogP contribution is -2.22. The van der Waals surface area contributed by atoms with Crippen molar-refractivity contribution >= 4 is 17.2 Å². The SMILES string of the molecule is CCn1cccc1-c1noc(CNC(=O)c2sccc2C)n1. The molecule has 0 unspecified atom stereocenters. The molecule has 6 nitrogen and oxygen atoms in total. The van der Waals surface area contributed by atoms with Gasteiger partial charge in [0.15, 0.2) is 0 Å². The molecule has 7 heteroatoms. The third-order valence-corrected chi connectivity index (χ3v) is 4.35. The average molecular weight is 316 g/mol. The predicted molar refractivity (Wildman–Crippen MR) is 83.6 cm³/mol. The summed E-state index contributed by atoms with van der Waals surface area (Å²) in [6.45, 7) is 5.01. The molecule has 0 atom stereocenters. The maximum absolute atomic E-state index is 12.0. The lowest BCUT2D eigenvalue weighted by molar-refractivity contribution is 0.0950. The number of aromatic nitrogens is 3. The molecule has 22 heavy (non-hydrogen) atoms. The quantitative estimate of drug-likeness (QED) is 0.785. The van der Waals surface area contributed by atoms with Crippen molar-refractivity contribution in [3.8, 4) is 11.5 Å². The first kappa shape index (κ1) is 14.5. The van der Waals surface area contributed by atoms with Gasteiger partial charge in [0.05, 0.1) is 17.1 Å². The molecule has 1 N–H and O–H groups in total. The number of carbonyl (C=O) groups excluding carboxylic acids is 1. The fourth-order valence-corrected chi connectivity index (χ4v) is 3.01. The van der Waals surface area contributed by atoms with Gasteiger partial charge < -0.3 is 14.4 Å². The minimum Gasteiger partial charge on any atom is -0.345 e. The molecule has 0 bridgehead atoms. The van der Waals surface area contributed by atoms with Gasteiger partial charge in [0.25, 0.3) is 5.91 Å². The topological polar surface area (TPSA) is 73.0 Å². The zero-order chi connectivity index (χ0) is 15.5. The van der Waals surface area contributed by atoms with Crippen LogP contribution in [0.15, 0.2) is 34.3 Å². The van der Waals surface area contributed by atoms with Crippen LogP contribution in [0.4, 0.5) is 0 Å². The molecule has 0 aliphatic heterocycles. The van der Waals surface area contributed by atoms with Crippen LogP contribution >= 0.6 is 11.3 Å². The minimum atomic E-state index is -0.121. The maximum atomic E-state index is 12.0. The number of nitrogens with zero attached hydrogens (tertiary/aromatic N) is 3. The Morgan fingerprint density at radius 2 is 2.32 bits per heavy atom. The van der Waals surface area contributed by atoms with Crippen LogP contribution in [0.25, 0.3) is 11.5 Å². The van der Waals surface area contributed by atoms with Gasteiger partial charge in [-0.1, -0.05) is 5.16 Å². The van der Waals surface area contributed by atoms with Gasteiger partial charge in [-0.2, -0.15) is 4.98 Å². The van der Waals surface area contributed by atoms with Crippen LogP contribution in [0.3, 0.4) is 0 Å². The first-order chi connectivity index (χ1) is 10.7. The number of hydrogen-bond donors (Lipinski definition) is 1. The number of carbonyl (C=O) groups is 1. The van der Waals surface area contributed by atoms with Gasteiger partial charge in [0, 0.05) is 12.7 Å². The molecule has 0 spiro atoms. The molecule has 0 fully saturated rings. The summed E-state index contributed by atoms with van der Waals surface area (Å²) in [6.07, 6.45) is 1.96. The molecule has 114 valence electrons. The van der Waals surface area contributed by atoms with Crippen LogP contribution in [0.1, 0.15) is 28.0 Å². The van der Waals surface area contributed by atoms with E-state index in [1.54, 1.807) is 0 Å². The monoisotopic (exact) mass is 316 g/mol. The van der Waals surface area contributed by atoms with Gasteiger partial charge in [0.1, 0.15) is 0 Å². The van der Waals surface area contributed by atoms with Gasteiger partial charge in [-0.05, 0) is 43.0 Å². The Morgan fingerprint density at radius 1 is 1.45 bits per heavy atom. The van der Waals surface area contributed by atoms with Crippen molar-refractivity contribution < 1.29 is 9.32 Å². The van der Waals surface area contributed by atoms with E-state index in [0.717, 1.165) is 17.8 Å². The summed E-state index contributed by atoms with van der Waals surface area (Å²) in [6, 6.07) is 5.80. The number of rotatable bonds is 5. The van der Waals surface area contributed by atoms with Crippen molar-refractivity contribution in [1.29, 1.82) is 0 Å². The average Bonchev–Trinajstić information content (AvgIpc) is 3.24. The molecule has 0 aliphatic carbocycles. The van der Waals surface area contributed by atoms with E-state index >= 15 is 0 Å². The second-order valence-corrected chi connectivity index (χ2v) is 5.72. The second kappa shape index (κ2) is 6.15. The van der Waals surface area contributed by atoms with E-state index in [1.807, 2.05) is 48.2 Å². The van der Waals surface area contributed by atoms with Gasteiger partial charge >= 0.3 is 0 Å². The fraction of sp³-hybridized carbons (Fsp3) is 0.267. The molecule has 3 aromatic rings. The summed E-state index contributed by atoms with van der Waals surface area (Å²) in [5, 5.41) is 8.66. The Balaban J connectivity index is 1.68. The fourth-order valence-electron chi connectivity index (χ4n) is 2.17. The zero-order valence-corrected chi connectivity index (χ0v) is 13.2. The normalized spacial score (nSPS) is 10.8. The Hall–Kier alpha value is -2.41. The molecule has 3 rings (SSSR count). The largest absolute Gasteiger partial charge is 0.345 e. The van der Waals surface area contributed by atoms with Crippen molar-refractivity contribution in [2.24, 2.45) is 0 Å². The van der Waals surface area contributed by atoms with E-state index in [2.05, 4.69) is 15.5 Å². The Labute approximate surface area is 131 Å². The zero-order valence-electron chi connectivity index (χ0n) is 12.4. The number of nitrogens with one attached hydrogen (secondary N) is 1. The molecule has 0 saturated carbocycles. The minimum absolute atomic E-state index is 0.121. The Bertz CT molecular complexity index is 787. The van der Waals surface area contributed by atoms with E-state index < -0.39 is 0 Å². The molecule has 3 heterocycles. The van der Waals surface area contributed by atoms with E-state index in [4.69, 9.17) is 4.52 Å². The van der Waals surface area contributed by atoms with E-state index in [1.165, 1.54) is 11.3 Å². The number of hydrogen-bond acceptors (Lipinski definition) is 5. The van der Waals surface area contributed by atoms with Crippen molar-refractivity contribution in [3.05, 3.63) is 46.1 Å². The highest BCUT2D eigenvalue weighted by Gasteiger charge is 2.14. The molecule has 0 radical (unpaired) electrons. The first-order valence-corrected chi connectivity index (χ1v) is 7.87. The van der Waals surface area contributed by atoms with Crippen LogP contribution < -0.4 is 5.32 Å². The lowest BCUT2D eigenvalue weighted by atomic mass is 10.3. The predicted octanol–water partition coefficient (Wildman–Crippen LogP) is 2.86. The summed E-state index contributed by atoms with van der Waals surface area (Å²) in [4.78, 5) is 17.1. The standard InChI is InChI=1S/C15H16N4O2S/c1-3-19-7-4-5-11(19)14-17-12(21-18-14)9-16-15(20)13-10(2)6-8-22-13/h4-8H,3,9H2,1-2H3,(H,16,20). The number of thiophene rings is 1. The molecule has 0 aromatic carbocycles. The van der Waals surface area contributed by atoms with Crippen LogP contribution in [-0.2, 0) is 13.1 Å². The Morgan fingerprint density at radius 3 is 3.05 bits per heavy atom. The van der Waals surface area contributed by atoms with Crippen LogP contribution in [0.5, 0.6) is 0 Å². The van der Waals surface area contributed by atoms with Crippen LogP contribution in [-0.4, -0.2) is 20.6 Å². The number of amides is 1. The summed E-state index contributed by atoms with van der Waals surface area (Å²) in [7, 11) is 0. The van der Waals surface area contributed by atoms with Crippen molar-refractivity contribution in [2.75, 3.05) is 0 Å². The van der Waals surface area contributed by atoms with Gasteiger partial charge in [-0.15, -0.1) is 11.3 Å². The summed E-state index contributed by atoms with van der Waals surface area (Å²) in [5.41, 5.74) is 1.87. The molecule has 1 amide bonds. The highest BCUT2D eigenvalue weighted by Crippen LogP contribution is 2.17. The molecule has 0 aliphatic rings. The van der Waals surface area contributed by atoms with Crippen molar-refractivity contribution in [1.82, 2.24) is 20.0 Å². The van der Waals surface area contributed by atoms with Gasteiger partial charge in [-0.25, -0.2) is 0 Å². The van der Waals surface area contributed by atoms with Crippen molar-refractivity contribution in [2.45, 2.75) is 26.9 Å². The van der Waals surface area contributed by atoms with Crippen LogP contribution in [0, 0.1) is 6.92 Å². The highest BCUT2D eigenvalue weighted by molar-refractivity contribution is 7.12. The lowest BCUT2D eigenvalue weighted by Gasteiger charge is -2.01. The second-order valence-electron chi connectivity index (χ2n) is 4.81. The van der Waals surface area contributed by atoms with Crippen molar-refractivity contribution in [3.63, 3.8) is 0 Å². The third-order valence-electron chi connectivity index (χ3n) is 3.34. The molecular weight excluding hydrogens is 300 g/mol. The van der Waals surface area contributed by atoms with E-state index in [9.17, 15) is 4.79 Å². The third kappa shape index (κ3) is 2.80.